The third kappa shape index (κ3) is 3.06. The van der Waals surface area contributed by atoms with Gasteiger partial charge in [0.2, 0.25) is 0 Å². The molecule has 108 valence electrons. The van der Waals surface area contributed by atoms with E-state index in [0.29, 0.717) is 0 Å². The van der Waals surface area contributed by atoms with Crippen molar-refractivity contribution in [3.05, 3.63) is 42.5 Å². The monoisotopic (exact) mass is 270 g/mol. The first-order valence-electron chi connectivity index (χ1n) is 8.03. The molecule has 0 bridgehead atoms. The van der Waals surface area contributed by atoms with Gasteiger partial charge >= 0.3 is 0 Å². The average Bonchev–Trinajstić information content (AvgIpc) is 2.45. The van der Waals surface area contributed by atoms with E-state index in [4.69, 9.17) is 0 Å². The largest absolute Gasteiger partial charge is 0.371 e. The normalized spacial score (nSPS) is 19.5. The Morgan fingerprint density at radius 1 is 1.20 bits per heavy atom. The van der Waals surface area contributed by atoms with Crippen LogP contribution in [0, 0.1) is 5.92 Å². The summed E-state index contributed by atoms with van der Waals surface area (Å²) in [6, 6.07) is 8.92. The molecule has 0 amide bonds. The Bertz CT molecular complexity index is 448. The van der Waals surface area contributed by atoms with E-state index in [1.54, 1.807) is 0 Å². The maximum absolute atomic E-state index is 3.83. The van der Waals surface area contributed by atoms with Gasteiger partial charge in [-0.05, 0) is 49.8 Å². The summed E-state index contributed by atoms with van der Waals surface area (Å²) in [4.78, 5) is 5.17. The third-order valence-corrected chi connectivity index (χ3v) is 4.64. The van der Waals surface area contributed by atoms with Gasteiger partial charge in [-0.15, -0.1) is 6.58 Å². The van der Waals surface area contributed by atoms with Gasteiger partial charge in [0.15, 0.2) is 0 Å². The standard InChI is InChI=1S/C18H26N2/c1-2-7-16-14-19(15-16)11-6-13-20-12-5-9-17-8-3-4-10-18(17)20/h2-4,8,10,16H,1,5-7,9,11-15H2. The molecule has 0 atom stereocenters. The number of likely N-dealkylation sites (tertiary alicyclic amines) is 1. The minimum atomic E-state index is 0.878. The van der Waals surface area contributed by atoms with E-state index in [2.05, 4.69) is 46.7 Å². The Hall–Kier alpha value is -1.28. The number of hydrogen-bond donors (Lipinski definition) is 0. The molecule has 3 rings (SSSR count). The van der Waals surface area contributed by atoms with Crippen LogP contribution in [0.2, 0.25) is 0 Å². The zero-order valence-electron chi connectivity index (χ0n) is 12.4. The molecule has 2 heteroatoms. The zero-order chi connectivity index (χ0) is 13.8. The molecule has 2 nitrogen and oxygen atoms in total. The molecule has 2 aliphatic rings. The average molecular weight is 270 g/mol. The fraction of sp³-hybridized carbons (Fsp3) is 0.556. The maximum atomic E-state index is 3.83. The predicted octanol–water partition coefficient (Wildman–Crippen LogP) is 3.34. The van der Waals surface area contributed by atoms with E-state index < -0.39 is 0 Å². The molecule has 0 aliphatic carbocycles. The molecular weight excluding hydrogens is 244 g/mol. The lowest BCUT2D eigenvalue weighted by molar-refractivity contribution is 0.102. The second-order valence-electron chi connectivity index (χ2n) is 6.22. The molecule has 1 saturated heterocycles. The fourth-order valence-corrected chi connectivity index (χ4v) is 3.57. The van der Waals surface area contributed by atoms with E-state index in [-0.39, 0.29) is 0 Å². The van der Waals surface area contributed by atoms with Crippen LogP contribution in [-0.2, 0) is 6.42 Å². The van der Waals surface area contributed by atoms with Crippen LogP contribution in [0.5, 0.6) is 0 Å². The molecule has 0 spiro atoms. The summed E-state index contributed by atoms with van der Waals surface area (Å²) in [6.07, 6.45) is 7.10. The van der Waals surface area contributed by atoms with Gasteiger partial charge in [0, 0.05) is 31.9 Å². The van der Waals surface area contributed by atoms with Crippen molar-refractivity contribution >= 4 is 5.69 Å². The first-order chi connectivity index (χ1) is 9.86. The number of aryl methyl sites for hydroxylation is 1. The highest BCUT2D eigenvalue weighted by molar-refractivity contribution is 5.55. The molecule has 0 aromatic heterocycles. The first-order valence-corrected chi connectivity index (χ1v) is 8.03. The van der Waals surface area contributed by atoms with Crippen molar-refractivity contribution in [3.63, 3.8) is 0 Å². The lowest BCUT2D eigenvalue weighted by Crippen LogP contribution is -2.47. The molecule has 0 N–H and O–H groups in total. The molecule has 20 heavy (non-hydrogen) atoms. The number of fused-ring (bicyclic) bond motifs is 1. The molecule has 2 aliphatic heterocycles. The maximum Gasteiger partial charge on any atom is 0.0398 e. The molecular formula is C18H26N2. The van der Waals surface area contributed by atoms with E-state index >= 15 is 0 Å². The Balaban J connectivity index is 1.43. The summed E-state index contributed by atoms with van der Waals surface area (Å²) in [5.41, 5.74) is 3.01. The smallest absolute Gasteiger partial charge is 0.0398 e. The van der Waals surface area contributed by atoms with E-state index in [1.807, 2.05) is 0 Å². The second-order valence-corrected chi connectivity index (χ2v) is 6.22. The molecule has 2 heterocycles. The van der Waals surface area contributed by atoms with E-state index in [1.165, 1.54) is 69.7 Å². The van der Waals surface area contributed by atoms with Crippen molar-refractivity contribution in [1.29, 1.82) is 0 Å². The minimum Gasteiger partial charge on any atom is -0.371 e. The topological polar surface area (TPSA) is 6.48 Å². The van der Waals surface area contributed by atoms with Gasteiger partial charge in [0.1, 0.15) is 0 Å². The summed E-state index contributed by atoms with van der Waals surface area (Å²) < 4.78 is 0. The number of anilines is 1. The quantitative estimate of drug-likeness (QED) is 0.732. The van der Waals surface area contributed by atoms with Gasteiger partial charge in [0.25, 0.3) is 0 Å². The fourth-order valence-electron chi connectivity index (χ4n) is 3.57. The first kappa shape index (κ1) is 13.7. The van der Waals surface area contributed by atoms with Crippen LogP contribution in [-0.4, -0.2) is 37.6 Å². The Labute approximate surface area is 123 Å². The summed E-state index contributed by atoms with van der Waals surface area (Å²) >= 11 is 0. The number of benzene rings is 1. The van der Waals surface area contributed by atoms with Gasteiger partial charge in [0.05, 0.1) is 0 Å². The zero-order valence-corrected chi connectivity index (χ0v) is 12.4. The van der Waals surface area contributed by atoms with Gasteiger partial charge in [-0.2, -0.15) is 0 Å². The van der Waals surface area contributed by atoms with Crippen molar-refractivity contribution in [3.8, 4) is 0 Å². The molecule has 1 fully saturated rings. The SMILES string of the molecule is C=CCC1CN(CCCN2CCCc3ccccc32)C1. The summed E-state index contributed by atoms with van der Waals surface area (Å²) in [6.45, 7) is 10.1. The minimum absolute atomic E-state index is 0.878. The molecule has 0 unspecified atom stereocenters. The number of nitrogens with zero attached hydrogens (tertiary/aromatic N) is 2. The van der Waals surface area contributed by atoms with Crippen LogP contribution in [0.15, 0.2) is 36.9 Å². The van der Waals surface area contributed by atoms with Crippen LogP contribution >= 0.6 is 0 Å². The van der Waals surface area contributed by atoms with Gasteiger partial charge in [-0.25, -0.2) is 0 Å². The van der Waals surface area contributed by atoms with Gasteiger partial charge in [-0.3, -0.25) is 0 Å². The highest BCUT2D eigenvalue weighted by atomic mass is 15.2. The third-order valence-electron chi connectivity index (χ3n) is 4.64. The highest BCUT2D eigenvalue weighted by Crippen LogP contribution is 2.27. The van der Waals surface area contributed by atoms with Crippen molar-refractivity contribution in [2.45, 2.75) is 25.7 Å². The van der Waals surface area contributed by atoms with Crippen molar-refractivity contribution in [1.82, 2.24) is 4.90 Å². The Morgan fingerprint density at radius 2 is 2.05 bits per heavy atom. The molecule has 1 aromatic rings. The number of rotatable bonds is 6. The van der Waals surface area contributed by atoms with Crippen LogP contribution in [0.4, 0.5) is 5.69 Å². The molecule has 0 saturated carbocycles. The highest BCUT2D eigenvalue weighted by Gasteiger charge is 2.25. The number of allylic oxidation sites excluding steroid dienone is 1. The Morgan fingerprint density at radius 3 is 2.90 bits per heavy atom. The summed E-state index contributed by atoms with van der Waals surface area (Å²) in [5, 5.41) is 0. The molecule has 0 radical (unpaired) electrons. The van der Waals surface area contributed by atoms with Crippen LogP contribution in [0.1, 0.15) is 24.8 Å². The van der Waals surface area contributed by atoms with Crippen molar-refractivity contribution in [2.75, 3.05) is 37.6 Å². The van der Waals surface area contributed by atoms with E-state index in [9.17, 15) is 0 Å². The van der Waals surface area contributed by atoms with Gasteiger partial charge < -0.3 is 9.80 Å². The van der Waals surface area contributed by atoms with Crippen LogP contribution < -0.4 is 4.90 Å². The number of para-hydroxylation sites is 1. The second kappa shape index (κ2) is 6.45. The van der Waals surface area contributed by atoms with Crippen molar-refractivity contribution < 1.29 is 0 Å². The molecule has 1 aromatic carbocycles. The lowest BCUT2D eigenvalue weighted by atomic mass is 9.96. The Kier molecular flexibility index (Phi) is 4.41. The predicted molar refractivity (Wildman–Crippen MR) is 86.3 cm³/mol. The van der Waals surface area contributed by atoms with Gasteiger partial charge in [-0.1, -0.05) is 24.3 Å². The van der Waals surface area contributed by atoms with E-state index in [0.717, 1.165) is 5.92 Å². The van der Waals surface area contributed by atoms with Crippen molar-refractivity contribution in [2.24, 2.45) is 5.92 Å². The number of hydrogen-bond acceptors (Lipinski definition) is 2. The lowest BCUT2D eigenvalue weighted by Gasteiger charge is -2.39. The van der Waals surface area contributed by atoms with Crippen LogP contribution in [0.3, 0.4) is 0 Å². The van der Waals surface area contributed by atoms with Crippen LogP contribution in [0.25, 0.3) is 0 Å². The summed E-state index contributed by atoms with van der Waals surface area (Å²) in [5.74, 6) is 0.878. The summed E-state index contributed by atoms with van der Waals surface area (Å²) in [7, 11) is 0.